The molecule has 0 radical (unpaired) electrons. The maximum Gasteiger partial charge on any atom is 0.305 e. The number of aldehydes is 1. The summed E-state index contributed by atoms with van der Waals surface area (Å²) in [5, 5.41) is 11.4. The molecule has 3 saturated carbocycles. The number of ether oxygens (including phenoxy) is 2. The van der Waals surface area contributed by atoms with Crippen LogP contribution in [0.4, 0.5) is 0 Å². The van der Waals surface area contributed by atoms with E-state index in [0.717, 1.165) is 57.7 Å². The molecule has 0 aliphatic heterocycles. The summed E-state index contributed by atoms with van der Waals surface area (Å²) in [5.74, 6) is 0.881. The number of unbranched alkanes of at least 4 members (excludes halogenated alkanes) is 2. The Morgan fingerprint density at radius 1 is 1.24 bits per heavy atom. The van der Waals surface area contributed by atoms with Crippen LogP contribution in [0.3, 0.4) is 0 Å². The minimum atomic E-state index is -0.450. The normalized spacial score (nSPS) is 44.3. The molecule has 0 bridgehead atoms. The summed E-state index contributed by atoms with van der Waals surface area (Å²) < 4.78 is 12.1. The molecule has 3 fully saturated rings. The molecule has 0 aromatic carbocycles. The molecule has 33 heavy (non-hydrogen) atoms. The molecule has 4 aliphatic carbocycles. The fourth-order valence-corrected chi connectivity index (χ4v) is 8.81. The van der Waals surface area contributed by atoms with Gasteiger partial charge in [-0.05, 0) is 74.5 Å². The van der Waals surface area contributed by atoms with Crippen LogP contribution in [0.2, 0.25) is 0 Å². The lowest BCUT2D eigenvalue weighted by atomic mass is 9.47. The highest BCUT2D eigenvalue weighted by molar-refractivity contribution is 9.09. The summed E-state index contributed by atoms with van der Waals surface area (Å²) in [4.78, 5) is 22.8. The molecule has 0 aromatic rings. The van der Waals surface area contributed by atoms with Crippen LogP contribution >= 0.6 is 15.9 Å². The van der Waals surface area contributed by atoms with Crippen LogP contribution in [0.5, 0.6) is 0 Å². The molecule has 4 aliphatic rings. The molecule has 1 N–H and O–H groups in total. The Morgan fingerprint density at radius 2 is 2.03 bits per heavy atom. The zero-order valence-electron chi connectivity index (χ0n) is 20.4. The predicted octanol–water partition coefficient (Wildman–Crippen LogP) is 5.37. The molecule has 6 heteroatoms. The number of aliphatic hydroxyl groups is 1. The summed E-state index contributed by atoms with van der Waals surface area (Å²) in [6.45, 7) is 7.26. The smallest absolute Gasteiger partial charge is 0.305 e. The third-order valence-corrected chi connectivity index (χ3v) is 10.5. The van der Waals surface area contributed by atoms with Gasteiger partial charge in [-0.1, -0.05) is 48.4 Å². The van der Waals surface area contributed by atoms with E-state index in [-0.39, 0.29) is 39.8 Å². The third-order valence-electron chi connectivity index (χ3n) is 9.60. The molecular formula is C27H41BrO5. The topological polar surface area (TPSA) is 72.8 Å². The van der Waals surface area contributed by atoms with Crippen molar-refractivity contribution in [3.63, 3.8) is 0 Å². The Hall–Kier alpha value is -0.720. The maximum absolute atomic E-state index is 12.1. The average Bonchev–Trinajstić information content (AvgIpc) is 3.04. The number of hydrogen-bond donors (Lipinski definition) is 1. The van der Waals surface area contributed by atoms with Gasteiger partial charge in [0.2, 0.25) is 0 Å². The van der Waals surface area contributed by atoms with Gasteiger partial charge < -0.3 is 19.4 Å². The second-order valence-electron chi connectivity index (χ2n) is 11.3. The van der Waals surface area contributed by atoms with E-state index in [1.165, 1.54) is 5.57 Å². The number of aliphatic hydroxyl groups excluding tert-OH is 1. The van der Waals surface area contributed by atoms with E-state index in [1.54, 1.807) is 0 Å². The number of halogens is 1. The number of hydrogen-bond acceptors (Lipinski definition) is 5. The Morgan fingerprint density at radius 3 is 2.76 bits per heavy atom. The van der Waals surface area contributed by atoms with Crippen LogP contribution in [0.25, 0.3) is 0 Å². The van der Waals surface area contributed by atoms with Crippen molar-refractivity contribution in [1.29, 1.82) is 0 Å². The summed E-state index contributed by atoms with van der Waals surface area (Å²) in [6.07, 6.45) is 11.7. The predicted molar refractivity (Wildman–Crippen MR) is 131 cm³/mol. The van der Waals surface area contributed by atoms with Crippen molar-refractivity contribution in [2.75, 3.05) is 6.61 Å². The Bertz CT molecular complexity index is 768. The fourth-order valence-electron chi connectivity index (χ4n) is 7.70. The summed E-state index contributed by atoms with van der Waals surface area (Å²) >= 11 is 3.84. The van der Waals surface area contributed by atoms with E-state index < -0.39 is 6.10 Å². The van der Waals surface area contributed by atoms with Gasteiger partial charge >= 0.3 is 5.97 Å². The first-order chi connectivity index (χ1) is 15.7. The largest absolute Gasteiger partial charge is 0.461 e. The summed E-state index contributed by atoms with van der Waals surface area (Å²) in [7, 11) is 0. The first-order valence-electron chi connectivity index (χ1n) is 13.0. The maximum atomic E-state index is 12.1. The van der Waals surface area contributed by atoms with Crippen molar-refractivity contribution in [2.24, 2.45) is 28.6 Å². The van der Waals surface area contributed by atoms with Crippen LogP contribution in [0.1, 0.15) is 85.0 Å². The summed E-state index contributed by atoms with van der Waals surface area (Å²) in [6, 6.07) is 0. The Balaban J connectivity index is 1.49. The van der Waals surface area contributed by atoms with E-state index in [9.17, 15) is 14.7 Å². The number of rotatable bonds is 8. The van der Waals surface area contributed by atoms with E-state index in [2.05, 4.69) is 35.9 Å². The average molecular weight is 526 g/mol. The van der Waals surface area contributed by atoms with E-state index in [4.69, 9.17) is 9.47 Å². The standard InChI is InChI=1S/C27H41BrO5/c1-4-23(31)33-25-21(28)16-20-24-19(9-11-27(20,25)3)26(2)10-8-18(14-17(26)15-22(24)30)32-13-7-5-6-12-29/h12,15,18-22,24-25,30H,4-11,13-14,16H2,1-3H3/t18-,19?,20?,21+,22-,24?,25-,26-,27-/m0/s1. The van der Waals surface area contributed by atoms with Crippen molar-refractivity contribution >= 4 is 28.2 Å². The third kappa shape index (κ3) is 4.61. The molecule has 186 valence electrons. The number of carbonyl (C=O) groups is 2. The van der Waals surface area contributed by atoms with Gasteiger partial charge in [-0.15, -0.1) is 0 Å². The van der Waals surface area contributed by atoms with Gasteiger partial charge in [0.15, 0.2) is 0 Å². The van der Waals surface area contributed by atoms with Gasteiger partial charge in [0.05, 0.1) is 17.0 Å². The van der Waals surface area contributed by atoms with Gasteiger partial charge in [0, 0.05) is 24.9 Å². The number of carbonyl (C=O) groups excluding carboxylic acids is 2. The molecule has 0 heterocycles. The molecule has 0 aromatic heterocycles. The van der Waals surface area contributed by atoms with Crippen molar-refractivity contribution in [1.82, 2.24) is 0 Å². The van der Waals surface area contributed by atoms with Crippen LogP contribution in [-0.4, -0.2) is 47.1 Å². The second-order valence-corrected chi connectivity index (χ2v) is 12.5. The van der Waals surface area contributed by atoms with Crippen LogP contribution in [0.15, 0.2) is 11.6 Å². The van der Waals surface area contributed by atoms with Gasteiger partial charge in [-0.2, -0.15) is 0 Å². The van der Waals surface area contributed by atoms with Crippen LogP contribution in [0, 0.1) is 28.6 Å². The van der Waals surface area contributed by atoms with Gasteiger partial charge in [0.1, 0.15) is 12.4 Å². The lowest BCUT2D eigenvalue weighted by Crippen LogP contribution is -2.55. The van der Waals surface area contributed by atoms with Gasteiger partial charge in [0.25, 0.3) is 0 Å². The lowest BCUT2D eigenvalue weighted by molar-refractivity contribution is -0.161. The highest BCUT2D eigenvalue weighted by Gasteiger charge is 2.63. The van der Waals surface area contributed by atoms with E-state index >= 15 is 0 Å². The zero-order valence-corrected chi connectivity index (χ0v) is 22.0. The molecule has 0 amide bonds. The lowest BCUT2D eigenvalue weighted by Gasteiger charge is -2.59. The van der Waals surface area contributed by atoms with Crippen LogP contribution in [-0.2, 0) is 19.1 Å². The minimum Gasteiger partial charge on any atom is -0.461 e. The Labute approximate surface area is 207 Å². The highest BCUT2D eigenvalue weighted by Crippen LogP contribution is 2.66. The number of esters is 1. The van der Waals surface area contributed by atoms with Gasteiger partial charge in [-0.25, -0.2) is 0 Å². The molecule has 9 atom stereocenters. The van der Waals surface area contributed by atoms with Crippen molar-refractivity contribution in [3.05, 3.63) is 11.6 Å². The molecule has 4 rings (SSSR count). The van der Waals surface area contributed by atoms with Crippen molar-refractivity contribution in [2.45, 2.75) is 108 Å². The highest BCUT2D eigenvalue weighted by atomic mass is 79.9. The van der Waals surface area contributed by atoms with Crippen molar-refractivity contribution in [3.8, 4) is 0 Å². The monoisotopic (exact) mass is 524 g/mol. The first kappa shape index (κ1) is 25.4. The quantitative estimate of drug-likeness (QED) is 0.152. The van der Waals surface area contributed by atoms with E-state index in [1.807, 2.05) is 6.92 Å². The number of fused-ring (bicyclic) bond motifs is 5. The number of alkyl halides is 1. The SMILES string of the molecule is CCC(=O)O[C@H]1[C@H](Br)CC2C3C(CC[C@@]21C)[C@@]1(C)CC[C@H](OCCCCC=O)CC1=C[C@@H]3O. The zero-order chi connectivity index (χ0) is 23.8. The van der Waals surface area contributed by atoms with Crippen molar-refractivity contribution < 1.29 is 24.2 Å². The van der Waals surface area contributed by atoms with Gasteiger partial charge in [-0.3, -0.25) is 4.79 Å². The first-order valence-corrected chi connectivity index (χ1v) is 13.9. The summed E-state index contributed by atoms with van der Waals surface area (Å²) in [5.41, 5.74) is 1.40. The van der Waals surface area contributed by atoms with Crippen LogP contribution < -0.4 is 0 Å². The molecular weight excluding hydrogens is 484 g/mol. The molecule has 3 unspecified atom stereocenters. The minimum absolute atomic E-state index is 0.0926. The molecule has 0 spiro atoms. The van der Waals surface area contributed by atoms with E-state index in [0.29, 0.717) is 31.3 Å². The second kappa shape index (κ2) is 10.1. The Kier molecular flexibility index (Phi) is 7.77. The molecule has 5 nitrogen and oxygen atoms in total. The molecule has 0 saturated heterocycles. The fraction of sp³-hybridized carbons (Fsp3) is 0.852.